The van der Waals surface area contributed by atoms with Crippen molar-refractivity contribution in [1.82, 2.24) is 14.8 Å². The SMILES string of the molecule is CCNc1cc(-n2cc(C(F)(F)F)cn2)ccn1. The molecule has 0 bridgehead atoms. The van der Waals surface area contributed by atoms with Crippen LogP contribution in [0.25, 0.3) is 5.69 Å². The molecule has 7 heteroatoms. The fourth-order valence-electron chi connectivity index (χ4n) is 1.45. The first kappa shape index (κ1) is 12.4. The van der Waals surface area contributed by atoms with E-state index in [0.29, 0.717) is 18.1 Å². The van der Waals surface area contributed by atoms with Crippen LogP contribution in [0.3, 0.4) is 0 Å². The van der Waals surface area contributed by atoms with Crippen molar-refractivity contribution in [3.8, 4) is 5.69 Å². The molecule has 2 aromatic rings. The quantitative estimate of drug-likeness (QED) is 0.918. The highest BCUT2D eigenvalue weighted by Gasteiger charge is 2.32. The number of hydrogen-bond acceptors (Lipinski definition) is 3. The van der Waals surface area contributed by atoms with Gasteiger partial charge in [-0.1, -0.05) is 0 Å². The predicted molar refractivity (Wildman–Crippen MR) is 60.5 cm³/mol. The number of nitrogens with one attached hydrogen (secondary N) is 1. The smallest absolute Gasteiger partial charge is 0.370 e. The first-order valence-corrected chi connectivity index (χ1v) is 5.33. The van der Waals surface area contributed by atoms with Crippen LogP contribution >= 0.6 is 0 Å². The summed E-state index contributed by atoms with van der Waals surface area (Å²) >= 11 is 0. The Bertz CT molecular complexity index is 533. The van der Waals surface area contributed by atoms with Crippen LogP contribution < -0.4 is 5.32 Å². The molecule has 0 aliphatic rings. The lowest BCUT2D eigenvalue weighted by molar-refractivity contribution is -0.137. The lowest BCUT2D eigenvalue weighted by Crippen LogP contribution is -2.03. The fourth-order valence-corrected chi connectivity index (χ4v) is 1.45. The summed E-state index contributed by atoms with van der Waals surface area (Å²) < 4.78 is 38.5. The number of pyridine rings is 1. The van der Waals surface area contributed by atoms with Crippen LogP contribution in [0.1, 0.15) is 12.5 Å². The molecule has 0 aliphatic carbocycles. The van der Waals surface area contributed by atoms with Crippen molar-refractivity contribution in [2.75, 3.05) is 11.9 Å². The third-order valence-corrected chi connectivity index (χ3v) is 2.28. The highest BCUT2D eigenvalue weighted by molar-refractivity contribution is 5.44. The molecular formula is C11H11F3N4. The normalized spacial score (nSPS) is 11.6. The molecule has 1 N–H and O–H groups in total. The predicted octanol–water partition coefficient (Wildman–Crippen LogP) is 2.72. The van der Waals surface area contributed by atoms with Gasteiger partial charge in [-0.05, 0) is 13.0 Å². The summed E-state index contributed by atoms with van der Waals surface area (Å²) in [5.41, 5.74) is -0.249. The maximum Gasteiger partial charge on any atom is 0.419 e. The fraction of sp³-hybridized carbons (Fsp3) is 0.273. The van der Waals surface area contributed by atoms with Gasteiger partial charge in [0, 0.05) is 25.0 Å². The lowest BCUT2D eigenvalue weighted by atomic mass is 10.3. The zero-order valence-electron chi connectivity index (χ0n) is 9.57. The monoisotopic (exact) mass is 256 g/mol. The van der Waals surface area contributed by atoms with E-state index >= 15 is 0 Å². The van der Waals surface area contributed by atoms with Crippen molar-refractivity contribution in [3.63, 3.8) is 0 Å². The molecule has 0 atom stereocenters. The van der Waals surface area contributed by atoms with Gasteiger partial charge in [-0.3, -0.25) is 0 Å². The zero-order valence-corrected chi connectivity index (χ0v) is 9.57. The van der Waals surface area contributed by atoms with Crippen LogP contribution in [-0.4, -0.2) is 21.3 Å². The second-order valence-electron chi connectivity index (χ2n) is 3.60. The Morgan fingerprint density at radius 3 is 2.78 bits per heavy atom. The molecule has 0 saturated heterocycles. The van der Waals surface area contributed by atoms with E-state index in [2.05, 4.69) is 15.4 Å². The number of alkyl halides is 3. The second-order valence-corrected chi connectivity index (χ2v) is 3.60. The van der Waals surface area contributed by atoms with Crippen molar-refractivity contribution in [1.29, 1.82) is 0 Å². The Labute approximate surface area is 101 Å². The van der Waals surface area contributed by atoms with E-state index < -0.39 is 11.7 Å². The van der Waals surface area contributed by atoms with Gasteiger partial charge >= 0.3 is 6.18 Å². The second kappa shape index (κ2) is 4.67. The van der Waals surface area contributed by atoms with E-state index in [1.165, 1.54) is 10.9 Å². The van der Waals surface area contributed by atoms with Gasteiger partial charge in [-0.15, -0.1) is 0 Å². The van der Waals surface area contributed by atoms with Crippen LogP contribution in [0, 0.1) is 0 Å². The van der Waals surface area contributed by atoms with Crippen molar-refractivity contribution in [3.05, 3.63) is 36.3 Å². The summed E-state index contributed by atoms with van der Waals surface area (Å²) in [6, 6.07) is 3.23. The van der Waals surface area contributed by atoms with Crippen molar-refractivity contribution in [2.45, 2.75) is 13.1 Å². The highest BCUT2D eigenvalue weighted by atomic mass is 19.4. The van der Waals surface area contributed by atoms with E-state index in [9.17, 15) is 13.2 Å². The van der Waals surface area contributed by atoms with Gasteiger partial charge in [0.2, 0.25) is 0 Å². The number of nitrogens with zero attached hydrogens (tertiary/aromatic N) is 3. The van der Waals surface area contributed by atoms with E-state index in [0.717, 1.165) is 12.4 Å². The van der Waals surface area contributed by atoms with Crippen LogP contribution in [-0.2, 0) is 6.18 Å². The summed E-state index contributed by atoms with van der Waals surface area (Å²) in [4.78, 5) is 4.04. The molecular weight excluding hydrogens is 245 g/mol. The minimum absolute atomic E-state index is 0.524. The molecule has 0 fully saturated rings. The van der Waals surface area contributed by atoms with Gasteiger partial charge in [0.25, 0.3) is 0 Å². The van der Waals surface area contributed by atoms with Crippen molar-refractivity contribution >= 4 is 5.82 Å². The molecule has 0 aromatic carbocycles. The maximum absolute atomic E-state index is 12.4. The summed E-state index contributed by atoms with van der Waals surface area (Å²) in [5.74, 6) is 0.596. The third kappa shape index (κ3) is 2.61. The standard InChI is InChI=1S/C11H11F3N4/c1-2-15-10-5-9(3-4-16-10)18-7-8(6-17-18)11(12,13)14/h3-7H,2H2,1H3,(H,15,16). The van der Waals surface area contributed by atoms with E-state index in [4.69, 9.17) is 0 Å². The number of rotatable bonds is 3. The molecule has 0 saturated carbocycles. The molecule has 0 amide bonds. The number of anilines is 1. The third-order valence-electron chi connectivity index (χ3n) is 2.28. The Hall–Kier alpha value is -2.05. The average molecular weight is 256 g/mol. The molecule has 0 unspecified atom stereocenters. The minimum atomic E-state index is -4.38. The Morgan fingerprint density at radius 1 is 1.39 bits per heavy atom. The molecule has 4 nitrogen and oxygen atoms in total. The summed E-state index contributed by atoms with van der Waals surface area (Å²) in [6.45, 7) is 2.59. The Balaban J connectivity index is 2.31. The molecule has 96 valence electrons. The Morgan fingerprint density at radius 2 is 2.17 bits per heavy atom. The summed E-state index contributed by atoms with van der Waals surface area (Å²) in [5, 5.41) is 6.68. The largest absolute Gasteiger partial charge is 0.419 e. The molecule has 0 aliphatic heterocycles. The molecule has 2 aromatic heterocycles. The topological polar surface area (TPSA) is 42.7 Å². The van der Waals surface area contributed by atoms with Gasteiger partial charge in [0.1, 0.15) is 5.82 Å². The number of hydrogen-bond donors (Lipinski definition) is 1. The molecule has 2 rings (SSSR count). The van der Waals surface area contributed by atoms with E-state index in [-0.39, 0.29) is 0 Å². The van der Waals surface area contributed by atoms with Crippen LogP contribution in [0.2, 0.25) is 0 Å². The highest BCUT2D eigenvalue weighted by Crippen LogP contribution is 2.29. The maximum atomic E-state index is 12.4. The summed E-state index contributed by atoms with van der Waals surface area (Å²) in [7, 11) is 0. The van der Waals surface area contributed by atoms with Gasteiger partial charge in [0.05, 0.1) is 17.4 Å². The first-order valence-electron chi connectivity index (χ1n) is 5.33. The van der Waals surface area contributed by atoms with Crippen molar-refractivity contribution < 1.29 is 13.2 Å². The van der Waals surface area contributed by atoms with E-state index in [1.807, 2.05) is 6.92 Å². The van der Waals surface area contributed by atoms with Crippen LogP contribution in [0.5, 0.6) is 0 Å². The average Bonchev–Trinajstić information content (AvgIpc) is 2.78. The van der Waals surface area contributed by atoms with Gasteiger partial charge in [-0.2, -0.15) is 18.3 Å². The van der Waals surface area contributed by atoms with E-state index in [1.54, 1.807) is 12.1 Å². The van der Waals surface area contributed by atoms with Crippen LogP contribution in [0.15, 0.2) is 30.7 Å². The van der Waals surface area contributed by atoms with Gasteiger partial charge in [-0.25, -0.2) is 9.67 Å². The first-order chi connectivity index (χ1) is 8.50. The van der Waals surface area contributed by atoms with Crippen molar-refractivity contribution in [2.24, 2.45) is 0 Å². The van der Waals surface area contributed by atoms with Crippen LogP contribution in [0.4, 0.5) is 19.0 Å². The Kier molecular flexibility index (Phi) is 3.22. The zero-order chi connectivity index (χ0) is 13.2. The van der Waals surface area contributed by atoms with Gasteiger partial charge < -0.3 is 5.32 Å². The lowest BCUT2D eigenvalue weighted by Gasteiger charge is -2.05. The number of aromatic nitrogens is 3. The number of halogens is 3. The minimum Gasteiger partial charge on any atom is -0.370 e. The summed E-state index contributed by atoms with van der Waals surface area (Å²) in [6.07, 6.45) is -1.11. The molecule has 0 spiro atoms. The molecule has 2 heterocycles. The molecule has 18 heavy (non-hydrogen) atoms. The molecule has 0 radical (unpaired) electrons. The van der Waals surface area contributed by atoms with Gasteiger partial charge in [0.15, 0.2) is 0 Å².